The molecule has 1 heterocycles. The molecule has 1 fully saturated rings. The monoisotopic (exact) mass is 374 g/mol. The summed E-state index contributed by atoms with van der Waals surface area (Å²) in [5.41, 5.74) is 3.53. The topological polar surface area (TPSA) is 75.7 Å². The van der Waals surface area contributed by atoms with Gasteiger partial charge in [-0.1, -0.05) is 42.8 Å². The van der Waals surface area contributed by atoms with Gasteiger partial charge in [0, 0.05) is 18.7 Å². The van der Waals surface area contributed by atoms with E-state index in [-0.39, 0.29) is 17.1 Å². The molecular weight excluding hydrogens is 352 g/mol. The first-order valence-corrected chi connectivity index (χ1v) is 10.1. The molecule has 2 aromatic carbocycles. The van der Waals surface area contributed by atoms with Crippen molar-refractivity contribution < 1.29 is 18.0 Å². The molecule has 0 spiro atoms. The number of carbonyl (C=O) groups is 1. The van der Waals surface area contributed by atoms with Crippen LogP contribution in [0.5, 0.6) is 0 Å². The van der Waals surface area contributed by atoms with Crippen LogP contribution in [0.15, 0.2) is 59.5 Å². The van der Waals surface area contributed by atoms with Gasteiger partial charge in [-0.25, -0.2) is 13.9 Å². The van der Waals surface area contributed by atoms with Crippen molar-refractivity contribution in [3.8, 4) is 0 Å². The van der Waals surface area contributed by atoms with Crippen LogP contribution in [0, 0.1) is 0 Å². The first kappa shape index (κ1) is 18.6. The maximum absolute atomic E-state index is 12.7. The van der Waals surface area contributed by atoms with Crippen LogP contribution in [0.3, 0.4) is 0 Å². The van der Waals surface area contributed by atoms with Gasteiger partial charge in [-0.15, -0.1) is 0 Å². The van der Waals surface area contributed by atoms with Crippen LogP contribution in [0.1, 0.15) is 35.2 Å². The zero-order chi connectivity index (χ0) is 18.4. The van der Waals surface area contributed by atoms with E-state index in [2.05, 4.69) is 5.48 Å². The molecule has 138 valence electrons. The highest BCUT2D eigenvalue weighted by Gasteiger charge is 2.26. The van der Waals surface area contributed by atoms with E-state index in [0.29, 0.717) is 13.1 Å². The van der Waals surface area contributed by atoms with Gasteiger partial charge in [0.15, 0.2) is 0 Å². The lowest BCUT2D eigenvalue weighted by Crippen LogP contribution is -2.35. The molecule has 1 saturated heterocycles. The fourth-order valence-electron chi connectivity index (χ4n) is 2.87. The SMILES string of the molecule is O=C(NOCc1ccccc1)c1cccc(S(=O)(=O)N2CCCCC2)c1. The molecule has 26 heavy (non-hydrogen) atoms. The van der Waals surface area contributed by atoms with E-state index >= 15 is 0 Å². The molecule has 0 atom stereocenters. The highest BCUT2D eigenvalue weighted by molar-refractivity contribution is 7.89. The van der Waals surface area contributed by atoms with Gasteiger partial charge in [0.25, 0.3) is 5.91 Å². The molecule has 1 aliphatic heterocycles. The number of nitrogens with zero attached hydrogens (tertiary/aromatic N) is 1. The number of sulfonamides is 1. The minimum absolute atomic E-state index is 0.134. The maximum Gasteiger partial charge on any atom is 0.274 e. The Labute approximate surface area is 153 Å². The zero-order valence-electron chi connectivity index (χ0n) is 14.4. The van der Waals surface area contributed by atoms with E-state index in [0.717, 1.165) is 24.8 Å². The van der Waals surface area contributed by atoms with Crippen LogP contribution in [0.2, 0.25) is 0 Å². The van der Waals surface area contributed by atoms with Gasteiger partial charge < -0.3 is 0 Å². The normalized spacial score (nSPS) is 15.5. The molecule has 0 aromatic heterocycles. The van der Waals surface area contributed by atoms with Crippen molar-refractivity contribution in [2.24, 2.45) is 0 Å². The van der Waals surface area contributed by atoms with Gasteiger partial charge >= 0.3 is 0 Å². The number of hydrogen-bond acceptors (Lipinski definition) is 4. The number of benzene rings is 2. The van der Waals surface area contributed by atoms with Gasteiger partial charge in [-0.3, -0.25) is 9.63 Å². The number of rotatable bonds is 6. The minimum atomic E-state index is -3.57. The van der Waals surface area contributed by atoms with Gasteiger partial charge in [0.05, 0.1) is 11.5 Å². The van der Waals surface area contributed by atoms with Crippen LogP contribution >= 0.6 is 0 Å². The summed E-state index contributed by atoms with van der Waals surface area (Å²) in [6.07, 6.45) is 2.78. The Hall–Kier alpha value is -2.22. The van der Waals surface area contributed by atoms with Crippen molar-refractivity contribution in [1.82, 2.24) is 9.79 Å². The highest BCUT2D eigenvalue weighted by atomic mass is 32.2. The highest BCUT2D eigenvalue weighted by Crippen LogP contribution is 2.21. The van der Waals surface area contributed by atoms with Crippen molar-refractivity contribution in [3.63, 3.8) is 0 Å². The third-order valence-corrected chi connectivity index (χ3v) is 6.19. The van der Waals surface area contributed by atoms with Gasteiger partial charge in [-0.2, -0.15) is 4.31 Å². The first-order chi connectivity index (χ1) is 12.6. The maximum atomic E-state index is 12.7. The second-order valence-electron chi connectivity index (χ2n) is 6.20. The number of piperidine rings is 1. The fourth-order valence-corrected chi connectivity index (χ4v) is 4.43. The molecule has 3 rings (SSSR count). The van der Waals surface area contributed by atoms with E-state index in [1.807, 2.05) is 30.3 Å². The minimum Gasteiger partial charge on any atom is -0.269 e. The van der Waals surface area contributed by atoms with Gasteiger partial charge in [-0.05, 0) is 36.6 Å². The lowest BCUT2D eigenvalue weighted by molar-refractivity contribution is 0.0233. The number of hydroxylamine groups is 1. The largest absolute Gasteiger partial charge is 0.274 e. The van der Waals surface area contributed by atoms with E-state index in [4.69, 9.17) is 4.84 Å². The Morgan fingerprint density at radius 3 is 2.46 bits per heavy atom. The van der Waals surface area contributed by atoms with Crippen LogP contribution < -0.4 is 5.48 Å². The van der Waals surface area contributed by atoms with Crippen LogP contribution in [-0.4, -0.2) is 31.7 Å². The van der Waals surface area contributed by atoms with Crippen molar-refractivity contribution in [3.05, 3.63) is 65.7 Å². The molecule has 1 amide bonds. The predicted molar refractivity (Wildman–Crippen MR) is 97.7 cm³/mol. The number of hydrogen-bond donors (Lipinski definition) is 1. The molecule has 0 saturated carbocycles. The molecule has 7 heteroatoms. The van der Waals surface area contributed by atoms with Crippen molar-refractivity contribution in [1.29, 1.82) is 0 Å². The number of nitrogens with one attached hydrogen (secondary N) is 1. The number of amides is 1. The lowest BCUT2D eigenvalue weighted by Gasteiger charge is -2.26. The quantitative estimate of drug-likeness (QED) is 0.789. The summed E-state index contributed by atoms with van der Waals surface area (Å²) in [4.78, 5) is 17.6. The fraction of sp³-hybridized carbons (Fsp3) is 0.316. The standard InChI is InChI=1S/C19H22N2O4S/c22-19(20-25-15-16-8-3-1-4-9-16)17-10-7-11-18(14-17)26(23,24)21-12-5-2-6-13-21/h1,3-4,7-11,14H,2,5-6,12-13,15H2,(H,20,22). The smallest absolute Gasteiger partial charge is 0.269 e. The Kier molecular flexibility index (Phi) is 6.03. The third kappa shape index (κ3) is 4.49. The molecular formula is C19H22N2O4S. The molecule has 6 nitrogen and oxygen atoms in total. The van der Waals surface area contributed by atoms with Gasteiger partial charge in [0.2, 0.25) is 10.0 Å². The molecule has 1 N–H and O–H groups in total. The lowest BCUT2D eigenvalue weighted by atomic mass is 10.2. The Morgan fingerprint density at radius 2 is 1.73 bits per heavy atom. The average Bonchev–Trinajstić information content (AvgIpc) is 2.69. The molecule has 0 bridgehead atoms. The summed E-state index contributed by atoms with van der Waals surface area (Å²) in [7, 11) is -3.57. The van der Waals surface area contributed by atoms with Gasteiger partial charge in [0.1, 0.15) is 0 Å². The molecule has 1 aliphatic rings. The predicted octanol–water partition coefficient (Wildman–Crippen LogP) is 2.72. The summed E-state index contributed by atoms with van der Waals surface area (Å²) in [6.45, 7) is 1.29. The van der Waals surface area contributed by atoms with E-state index in [1.54, 1.807) is 12.1 Å². The molecule has 0 aliphatic carbocycles. The van der Waals surface area contributed by atoms with Crippen molar-refractivity contribution >= 4 is 15.9 Å². The van der Waals surface area contributed by atoms with Crippen LogP contribution in [0.25, 0.3) is 0 Å². The first-order valence-electron chi connectivity index (χ1n) is 8.64. The van der Waals surface area contributed by atoms with Crippen molar-refractivity contribution in [2.75, 3.05) is 13.1 Å². The Morgan fingerprint density at radius 1 is 1.00 bits per heavy atom. The summed E-state index contributed by atoms with van der Waals surface area (Å²) >= 11 is 0. The third-order valence-electron chi connectivity index (χ3n) is 4.30. The van der Waals surface area contributed by atoms with E-state index in [9.17, 15) is 13.2 Å². The summed E-state index contributed by atoms with van der Waals surface area (Å²) in [5, 5.41) is 0. The zero-order valence-corrected chi connectivity index (χ0v) is 15.2. The van der Waals surface area contributed by atoms with Crippen LogP contribution in [0.4, 0.5) is 0 Å². The summed E-state index contributed by atoms with van der Waals surface area (Å²) in [6, 6.07) is 15.5. The molecule has 0 unspecified atom stereocenters. The Balaban J connectivity index is 1.65. The average molecular weight is 374 g/mol. The Bertz CT molecular complexity index is 847. The number of carbonyl (C=O) groups excluding carboxylic acids is 1. The van der Waals surface area contributed by atoms with E-state index in [1.165, 1.54) is 16.4 Å². The molecule has 2 aromatic rings. The molecule has 0 radical (unpaired) electrons. The summed E-state index contributed by atoms with van der Waals surface area (Å²) in [5.74, 6) is -0.475. The second kappa shape index (κ2) is 8.44. The van der Waals surface area contributed by atoms with Crippen molar-refractivity contribution in [2.45, 2.75) is 30.8 Å². The summed E-state index contributed by atoms with van der Waals surface area (Å²) < 4.78 is 26.9. The van der Waals surface area contributed by atoms with Crippen LogP contribution in [-0.2, 0) is 21.5 Å². The second-order valence-corrected chi connectivity index (χ2v) is 8.14. The van der Waals surface area contributed by atoms with E-state index < -0.39 is 15.9 Å².